The molecule has 1 aromatic heterocycles. The monoisotopic (exact) mass is 472 g/mol. The smallest absolute Gasteiger partial charge is 0.406 e. The minimum atomic E-state index is -0.468. The van der Waals surface area contributed by atoms with Gasteiger partial charge >= 0.3 is 6.09 Å². The molecule has 1 saturated heterocycles. The second kappa shape index (κ2) is 11.0. The van der Waals surface area contributed by atoms with Crippen LogP contribution in [-0.4, -0.2) is 59.1 Å². The lowest BCUT2D eigenvalue weighted by Gasteiger charge is -2.33. The van der Waals surface area contributed by atoms with Crippen molar-refractivity contribution < 1.29 is 23.5 Å². The topological polar surface area (TPSA) is 85.7 Å². The molecule has 1 N–H and O–H groups in total. The summed E-state index contributed by atoms with van der Waals surface area (Å²) in [7, 11) is 1.33. The zero-order chi connectivity index (χ0) is 24.1. The lowest BCUT2D eigenvalue weighted by Crippen LogP contribution is -2.44. The normalized spacial score (nSPS) is 18.9. The van der Waals surface area contributed by atoms with Gasteiger partial charge < -0.3 is 19.7 Å². The van der Waals surface area contributed by atoms with Gasteiger partial charge in [0.1, 0.15) is 11.9 Å². The zero-order valence-corrected chi connectivity index (χ0v) is 19.8. The molecule has 0 bridgehead atoms. The Hall–Kier alpha value is -2.94. The first-order chi connectivity index (χ1) is 16.5. The summed E-state index contributed by atoms with van der Waals surface area (Å²) in [5, 5.41) is 7.53. The molecule has 4 rings (SSSR count). The highest BCUT2D eigenvalue weighted by molar-refractivity contribution is 5.82. The zero-order valence-electron chi connectivity index (χ0n) is 19.8. The third-order valence-corrected chi connectivity index (χ3v) is 6.43. The van der Waals surface area contributed by atoms with Crippen LogP contribution in [0.25, 0.3) is 5.69 Å². The van der Waals surface area contributed by atoms with Gasteiger partial charge in [0, 0.05) is 24.9 Å². The predicted molar refractivity (Wildman–Crippen MR) is 124 cm³/mol. The van der Waals surface area contributed by atoms with Crippen molar-refractivity contribution in [3.8, 4) is 5.69 Å². The van der Waals surface area contributed by atoms with E-state index in [2.05, 4.69) is 10.1 Å². The van der Waals surface area contributed by atoms with Gasteiger partial charge in [-0.05, 0) is 82.2 Å². The Kier molecular flexibility index (Phi) is 7.82. The lowest BCUT2D eigenvalue weighted by atomic mass is 10.1. The number of hydrogen-bond acceptors (Lipinski definition) is 5. The molecule has 2 aliphatic rings. The lowest BCUT2D eigenvalue weighted by molar-refractivity contribution is -0.149. The summed E-state index contributed by atoms with van der Waals surface area (Å²) in [5.74, 6) is -0.263. The highest BCUT2D eigenvalue weighted by Gasteiger charge is 2.40. The number of alkyl carbamates (subject to hydrolysis) is 1. The molecule has 8 nitrogen and oxygen atoms in total. The average Bonchev–Trinajstić information content (AvgIpc) is 3.60. The molecule has 0 unspecified atom stereocenters. The van der Waals surface area contributed by atoms with Crippen LogP contribution in [0.2, 0.25) is 0 Å². The van der Waals surface area contributed by atoms with Gasteiger partial charge in [-0.3, -0.25) is 4.79 Å². The Morgan fingerprint density at radius 3 is 2.68 bits per heavy atom. The molecule has 2 amide bonds. The summed E-state index contributed by atoms with van der Waals surface area (Å²) in [6.07, 6.45) is 5.23. The van der Waals surface area contributed by atoms with Gasteiger partial charge in [-0.1, -0.05) is 0 Å². The fourth-order valence-electron chi connectivity index (χ4n) is 4.44. The van der Waals surface area contributed by atoms with Crippen molar-refractivity contribution in [1.29, 1.82) is 0 Å². The van der Waals surface area contributed by atoms with Crippen LogP contribution in [0.1, 0.15) is 62.9 Å². The first-order valence-electron chi connectivity index (χ1n) is 12.1. The van der Waals surface area contributed by atoms with Crippen molar-refractivity contribution in [3.05, 3.63) is 47.5 Å². The minimum Gasteiger partial charge on any atom is -0.453 e. The molecule has 34 heavy (non-hydrogen) atoms. The first kappa shape index (κ1) is 24.2. The van der Waals surface area contributed by atoms with Crippen molar-refractivity contribution in [2.24, 2.45) is 0 Å². The SMILES string of the molecule is COC(=O)NCCCc1cc([C@@H](C)N(C(=O)[C@H]2CCCCO2)C2CC2)nn1-c1ccc(F)cc1. The van der Waals surface area contributed by atoms with Gasteiger partial charge in [0.15, 0.2) is 0 Å². The van der Waals surface area contributed by atoms with Crippen LogP contribution in [0.5, 0.6) is 0 Å². The van der Waals surface area contributed by atoms with Gasteiger partial charge in [-0.15, -0.1) is 0 Å². The van der Waals surface area contributed by atoms with Crippen molar-refractivity contribution in [2.75, 3.05) is 20.3 Å². The quantitative estimate of drug-likeness (QED) is 0.559. The van der Waals surface area contributed by atoms with Gasteiger partial charge in [-0.25, -0.2) is 13.9 Å². The van der Waals surface area contributed by atoms with Gasteiger partial charge in [-0.2, -0.15) is 5.10 Å². The maximum Gasteiger partial charge on any atom is 0.406 e. The number of carbonyl (C=O) groups is 2. The van der Waals surface area contributed by atoms with Crippen LogP contribution >= 0.6 is 0 Å². The van der Waals surface area contributed by atoms with Gasteiger partial charge in [0.25, 0.3) is 5.91 Å². The van der Waals surface area contributed by atoms with E-state index in [0.717, 1.165) is 49.2 Å². The standard InChI is InChI=1S/C25H33FN4O4/c1-17(29(19-12-13-19)24(31)23-7-3-4-15-34-23)22-16-21(6-5-14-27-25(32)33-2)30(28-22)20-10-8-18(26)9-11-20/h8-11,16-17,19,23H,3-7,12-15H2,1-2H3,(H,27,32)/t17-,23-/m1/s1. The van der Waals surface area contributed by atoms with Gasteiger partial charge in [0.2, 0.25) is 0 Å². The fraction of sp³-hybridized carbons (Fsp3) is 0.560. The number of rotatable bonds is 9. The molecule has 184 valence electrons. The van der Waals surface area contributed by atoms with E-state index in [9.17, 15) is 14.0 Å². The molecule has 9 heteroatoms. The van der Waals surface area contributed by atoms with Gasteiger partial charge in [0.05, 0.1) is 24.5 Å². The fourth-order valence-corrected chi connectivity index (χ4v) is 4.44. The Morgan fingerprint density at radius 1 is 1.26 bits per heavy atom. The number of nitrogens with one attached hydrogen (secondary N) is 1. The molecule has 2 fully saturated rings. The number of nitrogens with zero attached hydrogens (tertiary/aromatic N) is 3. The van der Waals surface area contributed by atoms with Crippen LogP contribution in [0.3, 0.4) is 0 Å². The van der Waals surface area contributed by atoms with Crippen molar-refractivity contribution in [1.82, 2.24) is 20.0 Å². The van der Waals surface area contributed by atoms with Crippen LogP contribution in [0, 0.1) is 5.82 Å². The predicted octanol–water partition coefficient (Wildman–Crippen LogP) is 3.92. The Bertz CT molecular complexity index is 983. The third kappa shape index (κ3) is 5.75. The molecular formula is C25H33FN4O4. The number of methoxy groups -OCH3 is 1. The number of ether oxygens (including phenoxy) is 2. The van der Waals surface area contributed by atoms with E-state index in [4.69, 9.17) is 9.84 Å². The number of halogens is 1. The number of benzene rings is 1. The summed E-state index contributed by atoms with van der Waals surface area (Å²) in [5.41, 5.74) is 2.46. The summed E-state index contributed by atoms with van der Waals surface area (Å²) in [6, 6.07) is 8.21. The largest absolute Gasteiger partial charge is 0.453 e. The molecule has 2 heterocycles. The second-order valence-electron chi connectivity index (χ2n) is 8.98. The van der Waals surface area contributed by atoms with E-state index in [-0.39, 0.29) is 29.9 Å². The number of aromatic nitrogens is 2. The Morgan fingerprint density at radius 2 is 2.03 bits per heavy atom. The Labute approximate surface area is 199 Å². The summed E-state index contributed by atoms with van der Waals surface area (Å²) >= 11 is 0. The van der Waals surface area contributed by atoms with Crippen LogP contribution in [0.4, 0.5) is 9.18 Å². The number of hydrogen-bond donors (Lipinski definition) is 1. The molecule has 1 aliphatic carbocycles. The van der Waals surface area contributed by atoms with E-state index in [0.29, 0.717) is 26.0 Å². The molecule has 0 spiro atoms. The van der Waals surface area contributed by atoms with E-state index < -0.39 is 6.09 Å². The average molecular weight is 473 g/mol. The maximum absolute atomic E-state index is 13.5. The summed E-state index contributed by atoms with van der Waals surface area (Å²) in [4.78, 5) is 26.7. The summed E-state index contributed by atoms with van der Waals surface area (Å²) < 4.78 is 25.7. The first-order valence-corrected chi connectivity index (χ1v) is 12.1. The molecule has 1 aromatic carbocycles. The van der Waals surface area contributed by atoms with E-state index >= 15 is 0 Å². The van der Waals surface area contributed by atoms with Crippen molar-refractivity contribution >= 4 is 12.0 Å². The second-order valence-corrected chi connectivity index (χ2v) is 8.98. The number of carbonyl (C=O) groups excluding carboxylic acids is 2. The van der Waals surface area contributed by atoms with Crippen molar-refractivity contribution in [2.45, 2.75) is 70.1 Å². The molecule has 2 atom stereocenters. The summed E-state index contributed by atoms with van der Waals surface area (Å²) in [6.45, 7) is 3.10. The number of amides is 2. The van der Waals surface area contributed by atoms with E-state index in [1.807, 2.05) is 17.9 Å². The highest BCUT2D eigenvalue weighted by atomic mass is 19.1. The van der Waals surface area contributed by atoms with E-state index in [1.54, 1.807) is 16.8 Å². The van der Waals surface area contributed by atoms with Crippen LogP contribution in [0.15, 0.2) is 30.3 Å². The number of aryl methyl sites for hydroxylation is 1. The highest BCUT2D eigenvalue weighted by Crippen LogP contribution is 2.36. The molecular weight excluding hydrogens is 439 g/mol. The molecule has 1 aliphatic heterocycles. The Balaban J connectivity index is 1.56. The third-order valence-electron chi connectivity index (χ3n) is 6.43. The van der Waals surface area contributed by atoms with E-state index in [1.165, 1.54) is 19.2 Å². The van der Waals surface area contributed by atoms with Crippen LogP contribution in [-0.2, 0) is 20.7 Å². The molecule has 1 saturated carbocycles. The molecule has 0 radical (unpaired) electrons. The maximum atomic E-state index is 13.5. The molecule has 2 aromatic rings. The van der Waals surface area contributed by atoms with Crippen LogP contribution < -0.4 is 5.32 Å². The van der Waals surface area contributed by atoms with Crippen molar-refractivity contribution in [3.63, 3.8) is 0 Å². The minimum absolute atomic E-state index is 0.0508.